The van der Waals surface area contributed by atoms with E-state index in [9.17, 15) is 14.5 Å². The molecule has 0 atom stereocenters. The first-order chi connectivity index (χ1) is 10.1. The minimum atomic E-state index is -0.651. The summed E-state index contributed by atoms with van der Waals surface area (Å²) < 4.78 is 18.5. The molecule has 0 saturated carbocycles. The molecule has 7 nitrogen and oxygen atoms in total. The van der Waals surface area contributed by atoms with Gasteiger partial charge in [-0.05, 0) is 12.5 Å². The molecule has 21 heavy (non-hydrogen) atoms. The third-order valence-electron chi connectivity index (χ3n) is 2.50. The molecule has 8 heteroatoms. The Balaban J connectivity index is 2.25. The van der Waals surface area contributed by atoms with Gasteiger partial charge in [0.25, 0.3) is 0 Å². The molecular weight excluding hydrogens is 279 g/mol. The number of aromatic nitrogens is 2. The molecule has 0 fully saturated rings. The lowest BCUT2D eigenvalue weighted by atomic mass is 10.3. The number of nitrogens with zero attached hydrogens (tertiary/aromatic N) is 3. The van der Waals surface area contributed by atoms with Gasteiger partial charge in [-0.3, -0.25) is 15.1 Å². The molecule has 0 aliphatic carbocycles. The van der Waals surface area contributed by atoms with Crippen LogP contribution in [0.5, 0.6) is 11.6 Å². The molecule has 110 valence electrons. The van der Waals surface area contributed by atoms with E-state index >= 15 is 0 Å². The van der Waals surface area contributed by atoms with Crippen LogP contribution in [0.1, 0.15) is 13.3 Å². The van der Waals surface area contributed by atoms with E-state index in [1.165, 1.54) is 12.4 Å². The number of hydrogen-bond acceptors (Lipinski definition) is 6. The summed E-state index contributed by atoms with van der Waals surface area (Å²) >= 11 is 0. The Bertz CT molecular complexity index is 651. The first kappa shape index (κ1) is 14.6. The first-order valence-corrected chi connectivity index (χ1v) is 6.28. The molecule has 2 aromatic rings. The monoisotopic (exact) mass is 292 g/mol. The standard InChI is InChI=1S/C13H13FN4O3/c1-2-5-16-12-7-15-8-13(17-12)21-11-6-9(14)3-4-10(11)18(19)20/h3-4,6-8H,2,5H2,1H3,(H,16,17). The number of nitro benzene ring substituents is 1. The van der Waals surface area contributed by atoms with E-state index in [-0.39, 0.29) is 17.3 Å². The Labute approximate surface area is 120 Å². The summed E-state index contributed by atoms with van der Waals surface area (Å²) in [7, 11) is 0. The van der Waals surface area contributed by atoms with Gasteiger partial charge < -0.3 is 10.1 Å². The van der Waals surface area contributed by atoms with Crippen LogP contribution in [-0.2, 0) is 0 Å². The Kier molecular flexibility index (Phi) is 4.60. The molecular formula is C13H13FN4O3. The van der Waals surface area contributed by atoms with Gasteiger partial charge in [0.15, 0.2) is 0 Å². The number of rotatable bonds is 6. The topological polar surface area (TPSA) is 90.2 Å². The predicted octanol–water partition coefficient (Wildman–Crippen LogP) is 3.14. The van der Waals surface area contributed by atoms with Gasteiger partial charge in [-0.15, -0.1) is 0 Å². The molecule has 0 bridgehead atoms. The van der Waals surface area contributed by atoms with Crippen LogP contribution < -0.4 is 10.1 Å². The highest BCUT2D eigenvalue weighted by molar-refractivity contribution is 5.48. The van der Waals surface area contributed by atoms with Crippen LogP contribution in [-0.4, -0.2) is 21.4 Å². The average Bonchev–Trinajstić information content (AvgIpc) is 2.45. The van der Waals surface area contributed by atoms with Crippen molar-refractivity contribution in [1.29, 1.82) is 0 Å². The van der Waals surface area contributed by atoms with E-state index in [4.69, 9.17) is 4.74 Å². The second-order valence-corrected chi connectivity index (χ2v) is 4.14. The summed E-state index contributed by atoms with van der Waals surface area (Å²) in [6.07, 6.45) is 3.70. The largest absolute Gasteiger partial charge is 0.430 e. The Morgan fingerprint density at radius 2 is 2.24 bits per heavy atom. The van der Waals surface area contributed by atoms with Crippen LogP contribution in [0.15, 0.2) is 30.6 Å². The van der Waals surface area contributed by atoms with Gasteiger partial charge in [-0.25, -0.2) is 4.39 Å². The first-order valence-electron chi connectivity index (χ1n) is 6.28. The van der Waals surface area contributed by atoms with Crippen LogP contribution in [0.2, 0.25) is 0 Å². The van der Waals surface area contributed by atoms with Crippen molar-refractivity contribution in [3.05, 3.63) is 46.5 Å². The maximum Gasteiger partial charge on any atom is 0.311 e. The molecule has 0 radical (unpaired) electrons. The number of hydrogen-bond donors (Lipinski definition) is 1. The highest BCUT2D eigenvalue weighted by atomic mass is 19.1. The Morgan fingerprint density at radius 3 is 2.95 bits per heavy atom. The highest BCUT2D eigenvalue weighted by Gasteiger charge is 2.17. The molecule has 0 aliphatic heterocycles. The number of benzene rings is 1. The molecule has 0 spiro atoms. The van der Waals surface area contributed by atoms with Crippen LogP contribution in [0.4, 0.5) is 15.9 Å². The fraction of sp³-hybridized carbons (Fsp3) is 0.231. The van der Waals surface area contributed by atoms with Crippen molar-refractivity contribution in [3.8, 4) is 11.6 Å². The van der Waals surface area contributed by atoms with E-state index < -0.39 is 10.7 Å². The van der Waals surface area contributed by atoms with E-state index in [0.717, 1.165) is 24.6 Å². The molecule has 1 aromatic heterocycles. The van der Waals surface area contributed by atoms with Gasteiger partial charge in [0.05, 0.1) is 17.3 Å². The summed E-state index contributed by atoms with van der Waals surface area (Å²) in [5, 5.41) is 13.9. The van der Waals surface area contributed by atoms with Gasteiger partial charge in [0.2, 0.25) is 11.6 Å². The van der Waals surface area contributed by atoms with Crippen LogP contribution in [0.3, 0.4) is 0 Å². The van der Waals surface area contributed by atoms with Crippen LogP contribution >= 0.6 is 0 Å². The fourth-order valence-electron chi connectivity index (χ4n) is 1.57. The number of ether oxygens (including phenoxy) is 1. The van der Waals surface area contributed by atoms with Crippen LogP contribution in [0.25, 0.3) is 0 Å². The summed E-state index contributed by atoms with van der Waals surface area (Å²) in [4.78, 5) is 18.2. The van der Waals surface area contributed by atoms with E-state index in [0.29, 0.717) is 12.4 Å². The number of nitrogens with one attached hydrogen (secondary N) is 1. The SMILES string of the molecule is CCCNc1cncc(Oc2cc(F)ccc2[N+](=O)[O-])n1. The second-order valence-electron chi connectivity index (χ2n) is 4.14. The molecule has 0 saturated heterocycles. The van der Waals surface area contributed by atoms with Crippen molar-refractivity contribution in [2.75, 3.05) is 11.9 Å². The van der Waals surface area contributed by atoms with E-state index in [2.05, 4.69) is 15.3 Å². The molecule has 2 rings (SSSR count). The maximum atomic E-state index is 13.2. The molecule has 0 unspecified atom stereocenters. The van der Waals surface area contributed by atoms with Gasteiger partial charge >= 0.3 is 5.69 Å². The Hall–Kier alpha value is -2.77. The summed E-state index contributed by atoms with van der Waals surface area (Å²) in [5.41, 5.74) is -0.342. The van der Waals surface area contributed by atoms with Gasteiger partial charge in [-0.2, -0.15) is 4.98 Å². The Morgan fingerprint density at radius 1 is 1.43 bits per heavy atom. The quantitative estimate of drug-likeness (QED) is 0.649. The predicted molar refractivity (Wildman–Crippen MR) is 73.9 cm³/mol. The third-order valence-corrected chi connectivity index (χ3v) is 2.50. The van der Waals surface area contributed by atoms with Gasteiger partial charge in [-0.1, -0.05) is 6.92 Å². The lowest BCUT2D eigenvalue weighted by Gasteiger charge is -2.07. The van der Waals surface area contributed by atoms with Crippen molar-refractivity contribution in [3.63, 3.8) is 0 Å². The molecule has 0 amide bonds. The van der Waals surface area contributed by atoms with E-state index in [1.54, 1.807) is 0 Å². The van der Waals surface area contributed by atoms with Crippen LogP contribution in [0, 0.1) is 15.9 Å². The van der Waals surface area contributed by atoms with Crippen molar-refractivity contribution in [1.82, 2.24) is 9.97 Å². The number of anilines is 1. The smallest absolute Gasteiger partial charge is 0.311 e. The minimum Gasteiger partial charge on any atom is -0.430 e. The van der Waals surface area contributed by atoms with Crippen molar-refractivity contribution in [2.24, 2.45) is 0 Å². The zero-order valence-corrected chi connectivity index (χ0v) is 11.2. The van der Waals surface area contributed by atoms with Crippen molar-refractivity contribution in [2.45, 2.75) is 13.3 Å². The van der Waals surface area contributed by atoms with E-state index in [1.807, 2.05) is 6.92 Å². The summed E-state index contributed by atoms with van der Waals surface area (Å²) in [6.45, 7) is 2.70. The fourth-order valence-corrected chi connectivity index (χ4v) is 1.57. The third kappa shape index (κ3) is 3.85. The number of nitro groups is 1. The minimum absolute atomic E-state index is 0.0461. The zero-order valence-electron chi connectivity index (χ0n) is 11.2. The molecule has 1 N–H and O–H groups in total. The normalized spacial score (nSPS) is 10.2. The second kappa shape index (κ2) is 6.60. The van der Waals surface area contributed by atoms with Gasteiger partial charge in [0.1, 0.15) is 11.6 Å². The lowest BCUT2D eigenvalue weighted by molar-refractivity contribution is -0.385. The van der Waals surface area contributed by atoms with Gasteiger partial charge in [0, 0.05) is 18.7 Å². The van der Waals surface area contributed by atoms with Crippen molar-refractivity contribution >= 4 is 11.5 Å². The lowest BCUT2D eigenvalue weighted by Crippen LogP contribution is -2.03. The average molecular weight is 292 g/mol. The summed E-state index contributed by atoms with van der Waals surface area (Å²) in [6, 6.07) is 2.97. The molecule has 0 aliphatic rings. The number of halogens is 1. The van der Waals surface area contributed by atoms with Crippen molar-refractivity contribution < 1.29 is 14.1 Å². The summed E-state index contributed by atoms with van der Waals surface area (Å²) in [5.74, 6) is -0.330. The molecule has 1 aromatic carbocycles. The molecule has 1 heterocycles. The maximum absolute atomic E-state index is 13.2. The zero-order chi connectivity index (χ0) is 15.2. The highest BCUT2D eigenvalue weighted by Crippen LogP contribution is 2.31.